The minimum absolute atomic E-state index is 0.0905. The Morgan fingerprint density at radius 1 is 0.733 bits per heavy atom. The van der Waals surface area contributed by atoms with Crippen molar-refractivity contribution in [2.24, 2.45) is 0 Å². The van der Waals surface area contributed by atoms with Crippen LogP contribution in [-0.2, 0) is 44.2 Å². The van der Waals surface area contributed by atoms with Crippen LogP contribution in [0.2, 0.25) is 12.1 Å². The van der Waals surface area contributed by atoms with Crippen LogP contribution in [0.3, 0.4) is 0 Å². The van der Waals surface area contributed by atoms with Gasteiger partial charge in [-0.2, -0.15) is 0 Å². The SMILES string of the molecule is CO[Si](CCCc1cc(CCC[Si](OC)(OC)OC)cc(NC(C)=O)c1)(OC)OC. The monoisotopic (exact) mass is 459 g/mol. The van der Waals surface area contributed by atoms with E-state index in [1.54, 1.807) is 42.7 Å². The van der Waals surface area contributed by atoms with Crippen molar-refractivity contribution in [3.8, 4) is 0 Å². The first kappa shape index (κ1) is 26.9. The molecule has 0 heterocycles. The highest BCUT2D eigenvalue weighted by molar-refractivity contribution is 6.60. The molecule has 0 spiro atoms. The zero-order valence-electron chi connectivity index (χ0n) is 19.3. The van der Waals surface area contributed by atoms with Crippen molar-refractivity contribution in [1.82, 2.24) is 0 Å². The maximum Gasteiger partial charge on any atom is 0.500 e. The van der Waals surface area contributed by atoms with Gasteiger partial charge in [0.15, 0.2) is 0 Å². The van der Waals surface area contributed by atoms with E-state index in [9.17, 15) is 4.79 Å². The van der Waals surface area contributed by atoms with E-state index in [4.69, 9.17) is 26.6 Å². The average molecular weight is 460 g/mol. The summed E-state index contributed by atoms with van der Waals surface area (Å²) >= 11 is 0. The maximum absolute atomic E-state index is 11.6. The van der Waals surface area contributed by atoms with Crippen LogP contribution >= 0.6 is 0 Å². The van der Waals surface area contributed by atoms with Crippen LogP contribution in [0, 0.1) is 0 Å². The van der Waals surface area contributed by atoms with E-state index in [-0.39, 0.29) is 5.91 Å². The van der Waals surface area contributed by atoms with Crippen molar-refractivity contribution in [3.05, 3.63) is 29.3 Å². The van der Waals surface area contributed by atoms with Crippen LogP contribution in [0.1, 0.15) is 30.9 Å². The second-order valence-electron chi connectivity index (χ2n) is 7.02. The molecular formula is C20H37NO7Si2. The van der Waals surface area contributed by atoms with Crippen LogP contribution in [0.5, 0.6) is 0 Å². The van der Waals surface area contributed by atoms with Crippen molar-refractivity contribution in [2.75, 3.05) is 48.0 Å². The van der Waals surface area contributed by atoms with Gasteiger partial charge in [-0.3, -0.25) is 4.79 Å². The molecule has 0 aliphatic heterocycles. The number of nitrogens with one attached hydrogen (secondary N) is 1. The number of aryl methyl sites for hydroxylation is 2. The predicted octanol–water partition coefficient (Wildman–Crippen LogP) is 3.27. The molecular weight excluding hydrogens is 422 g/mol. The Bertz CT molecular complexity index is 591. The zero-order chi connectivity index (χ0) is 22.6. The smallest absolute Gasteiger partial charge is 0.377 e. The first-order valence-electron chi connectivity index (χ1n) is 10.0. The number of hydrogen-bond acceptors (Lipinski definition) is 7. The molecule has 1 aromatic rings. The molecule has 0 radical (unpaired) electrons. The van der Waals surface area contributed by atoms with Crippen LogP contribution in [0.25, 0.3) is 0 Å². The Kier molecular flexibility index (Phi) is 12.0. The van der Waals surface area contributed by atoms with Gasteiger partial charge in [-0.25, -0.2) is 0 Å². The predicted molar refractivity (Wildman–Crippen MR) is 121 cm³/mol. The van der Waals surface area contributed by atoms with Crippen LogP contribution in [0.4, 0.5) is 5.69 Å². The van der Waals surface area contributed by atoms with Gasteiger partial charge >= 0.3 is 17.6 Å². The van der Waals surface area contributed by atoms with Gasteiger partial charge < -0.3 is 31.9 Å². The number of carbonyl (C=O) groups excluding carboxylic acids is 1. The number of rotatable bonds is 15. The topological polar surface area (TPSA) is 84.5 Å². The molecule has 10 heteroatoms. The molecule has 0 aliphatic carbocycles. The summed E-state index contributed by atoms with van der Waals surface area (Å²) in [5.41, 5.74) is 3.10. The molecule has 0 aromatic heterocycles. The van der Waals surface area contributed by atoms with Crippen molar-refractivity contribution in [2.45, 2.75) is 44.7 Å². The first-order valence-corrected chi connectivity index (χ1v) is 13.9. The van der Waals surface area contributed by atoms with Crippen LogP contribution in [-0.4, -0.2) is 66.2 Å². The third-order valence-corrected chi connectivity index (χ3v) is 10.8. The molecule has 0 unspecified atom stereocenters. The van der Waals surface area contributed by atoms with E-state index in [0.717, 1.165) is 54.6 Å². The van der Waals surface area contributed by atoms with E-state index in [1.807, 2.05) is 12.1 Å². The second kappa shape index (κ2) is 13.3. The van der Waals surface area contributed by atoms with E-state index in [0.29, 0.717) is 0 Å². The summed E-state index contributed by atoms with van der Waals surface area (Å²) in [6, 6.07) is 7.65. The third kappa shape index (κ3) is 8.19. The Balaban J connectivity index is 2.86. The fourth-order valence-electron chi connectivity index (χ4n) is 3.46. The quantitative estimate of drug-likeness (QED) is 0.403. The molecule has 30 heavy (non-hydrogen) atoms. The first-order chi connectivity index (χ1) is 14.3. The zero-order valence-corrected chi connectivity index (χ0v) is 21.3. The van der Waals surface area contributed by atoms with Gasteiger partial charge in [0, 0.05) is 67.4 Å². The summed E-state index contributed by atoms with van der Waals surface area (Å²) in [7, 11) is 4.57. The summed E-state index contributed by atoms with van der Waals surface area (Å²) < 4.78 is 33.0. The number of amides is 1. The average Bonchev–Trinajstić information content (AvgIpc) is 2.74. The lowest BCUT2D eigenvalue weighted by Gasteiger charge is -2.24. The van der Waals surface area contributed by atoms with E-state index in [1.165, 1.54) is 6.92 Å². The lowest BCUT2D eigenvalue weighted by Crippen LogP contribution is -2.42. The molecule has 1 N–H and O–H groups in total. The molecule has 0 bridgehead atoms. The summed E-state index contributed by atoms with van der Waals surface area (Å²) in [5.74, 6) is -0.0905. The summed E-state index contributed by atoms with van der Waals surface area (Å²) in [5, 5.41) is 2.90. The Labute approximate surface area is 182 Å². The van der Waals surface area contributed by atoms with Gasteiger partial charge in [-0.05, 0) is 48.9 Å². The summed E-state index contributed by atoms with van der Waals surface area (Å²) in [4.78, 5) is 11.6. The fraction of sp³-hybridized carbons (Fsp3) is 0.650. The molecule has 0 saturated heterocycles. The highest BCUT2D eigenvalue weighted by Crippen LogP contribution is 2.23. The largest absolute Gasteiger partial charge is 0.500 e. The van der Waals surface area contributed by atoms with Crippen molar-refractivity contribution in [1.29, 1.82) is 0 Å². The minimum atomic E-state index is -2.59. The maximum atomic E-state index is 11.6. The molecule has 1 aromatic carbocycles. The molecule has 0 atom stereocenters. The Morgan fingerprint density at radius 3 is 1.40 bits per heavy atom. The van der Waals surface area contributed by atoms with Gasteiger partial charge in [-0.1, -0.05) is 6.07 Å². The van der Waals surface area contributed by atoms with E-state index >= 15 is 0 Å². The molecule has 0 fully saturated rings. The highest BCUT2D eigenvalue weighted by atomic mass is 28.4. The molecule has 0 aliphatic rings. The molecule has 1 rings (SSSR count). The normalized spacial score (nSPS) is 12.2. The number of hydrogen-bond donors (Lipinski definition) is 1. The lowest BCUT2D eigenvalue weighted by molar-refractivity contribution is -0.114. The van der Waals surface area contributed by atoms with Gasteiger partial charge in [0.2, 0.25) is 5.91 Å². The molecule has 1 amide bonds. The lowest BCUT2D eigenvalue weighted by atomic mass is 10.0. The standard InChI is InChI=1S/C20H37NO7Si2/c1-17(22)21-20-15-18(10-8-12-29(23-2,24-3)25-4)14-19(16-20)11-9-13-30(26-5,27-6)28-7/h14-16H,8-13H2,1-7H3,(H,21,22). The second-order valence-corrected chi connectivity index (χ2v) is 13.2. The Hall–Kier alpha value is -1.12. The number of benzene rings is 1. The minimum Gasteiger partial charge on any atom is -0.377 e. The van der Waals surface area contributed by atoms with E-state index in [2.05, 4.69) is 11.4 Å². The van der Waals surface area contributed by atoms with Gasteiger partial charge in [-0.15, -0.1) is 0 Å². The van der Waals surface area contributed by atoms with Crippen molar-refractivity contribution in [3.63, 3.8) is 0 Å². The number of carbonyl (C=O) groups is 1. The molecule has 0 saturated carbocycles. The third-order valence-electron chi connectivity index (χ3n) is 5.14. The van der Waals surface area contributed by atoms with E-state index < -0.39 is 17.6 Å². The fourth-order valence-corrected chi connectivity index (χ4v) is 6.90. The van der Waals surface area contributed by atoms with Gasteiger partial charge in [0.25, 0.3) is 0 Å². The molecule has 8 nitrogen and oxygen atoms in total. The summed E-state index contributed by atoms with van der Waals surface area (Å²) in [6.07, 6.45) is 3.38. The van der Waals surface area contributed by atoms with Crippen LogP contribution < -0.4 is 5.32 Å². The van der Waals surface area contributed by atoms with Crippen LogP contribution in [0.15, 0.2) is 18.2 Å². The van der Waals surface area contributed by atoms with Crippen molar-refractivity contribution >= 4 is 29.2 Å². The van der Waals surface area contributed by atoms with Gasteiger partial charge in [0.05, 0.1) is 0 Å². The highest BCUT2D eigenvalue weighted by Gasteiger charge is 2.37. The van der Waals surface area contributed by atoms with Gasteiger partial charge in [0.1, 0.15) is 0 Å². The van der Waals surface area contributed by atoms with Crippen molar-refractivity contribution < 1.29 is 31.4 Å². The Morgan fingerprint density at radius 2 is 1.10 bits per heavy atom. The molecule has 172 valence electrons. The summed E-state index contributed by atoms with van der Waals surface area (Å²) in [6.45, 7) is 1.51. The number of anilines is 1.